The minimum Gasteiger partial charge on any atom is -0.313 e. The number of unbranched alkanes of at least 4 members (excludes halogenated alkanes) is 2. The molecule has 0 aliphatic carbocycles. The minimum atomic E-state index is -0.201. The van der Waals surface area contributed by atoms with Crippen LogP contribution in [0.1, 0.15) is 24.8 Å². The fraction of sp³-hybridized carbons (Fsp3) is 0.417. The zero-order chi connectivity index (χ0) is 10.9. The lowest BCUT2D eigenvalue weighted by atomic mass is 10.2. The third-order valence-electron chi connectivity index (χ3n) is 2.13. The van der Waals surface area contributed by atoms with Crippen molar-refractivity contribution in [3.8, 4) is 6.07 Å². The Balaban J connectivity index is 2.10. The van der Waals surface area contributed by atoms with Crippen molar-refractivity contribution in [2.45, 2.75) is 25.8 Å². The van der Waals surface area contributed by atoms with Crippen molar-refractivity contribution in [2.24, 2.45) is 0 Å². The van der Waals surface area contributed by atoms with Crippen molar-refractivity contribution in [1.82, 2.24) is 5.32 Å². The third kappa shape index (κ3) is 5.14. The van der Waals surface area contributed by atoms with Crippen LogP contribution in [0.2, 0.25) is 0 Å². The maximum Gasteiger partial charge on any atom is 0.123 e. The Hall–Kier alpha value is -1.40. The molecule has 0 radical (unpaired) electrons. The summed E-state index contributed by atoms with van der Waals surface area (Å²) < 4.78 is 12.6. The lowest BCUT2D eigenvalue weighted by molar-refractivity contribution is 0.617. The highest BCUT2D eigenvalue weighted by Gasteiger charge is 1.93. The highest BCUT2D eigenvalue weighted by molar-refractivity contribution is 5.15. The van der Waals surface area contributed by atoms with Crippen molar-refractivity contribution in [1.29, 1.82) is 5.26 Å². The molecule has 2 nitrogen and oxygen atoms in total. The summed E-state index contributed by atoms with van der Waals surface area (Å²) in [4.78, 5) is 0. The quantitative estimate of drug-likeness (QED) is 0.726. The smallest absolute Gasteiger partial charge is 0.123 e. The average Bonchev–Trinajstić information content (AvgIpc) is 2.26. The highest BCUT2D eigenvalue weighted by atomic mass is 19.1. The van der Waals surface area contributed by atoms with Crippen molar-refractivity contribution in [2.75, 3.05) is 6.54 Å². The van der Waals surface area contributed by atoms with Gasteiger partial charge < -0.3 is 5.32 Å². The van der Waals surface area contributed by atoms with Crippen LogP contribution in [0.25, 0.3) is 0 Å². The van der Waals surface area contributed by atoms with E-state index in [0.29, 0.717) is 6.42 Å². The van der Waals surface area contributed by atoms with Gasteiger partial charge in [0.05, 0.1) is 6.07 Å². The SMILES string of the molecule is N#CCCCCNCc1ccc(F)cc1. The Morgan fingerprint density at radius 2 is 1.93 bits per heavy atom. The van der Waals surface area contributed by atoms with Crippen LogP contribution in [-0.4, -0.2) is 6.54 Å². The molecule has 3 heteroatoms. The summed E-state index contributed by atoms with van der Waals surface area (Å²) in [6, 6.07) is 8.59. The second-order valence-corrected chi connectivity index (χ2v) is 3.42. The van der Waals surface area contributed by atoms with E-state index in [1.54, 1.807) is 12.1 Å². The molecule has 15 heavy (non-hydrogen) atoms. The largest absolute Gasteiger partial charge is 0.313 e. The van der Waals surface area contributed by atoms with E-state index in [0.717, 1.165) is 31.5 Å². The number of hydrogen-bond acceptors (Lipinski definition) is 2. The molecule has 0 amide bonds. The number of nitrogens with one attached hydrogen (secondary N) is 1. The number of halogens is 1. The molecule has 0 aromatic heterocycles. The van der Waals surface area contributed by atoms with Crippen molar-refractivity contribution in [3.63, 3.8) is 0 Å². The van der Waals surface area contributed by atoms with Gasteiger partial charge in [-0.05, 0) is 37.1 Å². The normalized spacial score (nSPS) is 9.87. The molecule has 0 aliphatic heterocycles. The van der Waals surface area contributed by atoms with E-state index in [2.05, 4.69) is 11.4 Å². The predicted octanol–water partition coefficient (Wildman–Crippen LogP) is 2.61. The summed E-state index contributed by atoms with van der Waals surface area (Å²) in [5, 5.41) is 11.6. The summed E-state index contributed by atoms with van der Waals surface area (Å²) in [6.07, 6.45) is 2.57. The number of rotatable bonds is 6. The van der Waals surface area contributed by atoms with Crippen LogP contribution in [0.15, 0.2) is 24.3 Å². The van der Waals surface area contributed by atoms with Crippen molar-refractivity contribution in [3.05, 3.63) is 35.6 Å². The van der Waals surface area contributed by atoms with Gasteiger partial charge in [-0.15, -0.1) is 0 Å². The Morgan fingerprint density at radius 3 is 2.60 bits per heavy atom. The van der Waals surface area contributed by atoms with Crippen LogP contribution in [0.5, 0.6) is 0 Å². The molecule has 1 N–H and O–H groups in total. The Morgan fingerprint density at radius 1 is 1.20 bits per heavy atom. The Labute approximate surface area is 89.7 Å². The summed E-state index contributed by atoms with van der Waals surface area (Å²) in [6.45, 7) is 1.66. The maximum atomic E-state index is 12.6. The van der Waals surface area contributed by atoms with E-state index >= 15 is 0 Å². The molecule has 0 aliphatic rings. The molecule has 80 valence electrons. The molecule has 0 saturated heterocycles. The lowest BCUT2D eigenvalue weighted by Gasteiger charge is -2.03. The number of nitriles is 1. The van der Waals surface area contributed by atoms with Gasteiger partial charge in [-0.1, -0.05) is 12.1 Å². The topological polar surface area (TPSA) is 35.8 Å². The Bertz CT molecular complexity index is 313. The number of hydrogen-bond donors (Lipinski definition) is 1. The van der Waals surface area contributed by atoms with Gasteiger partial charge in [-0.3, -0.25) is 0 Å². The van der Waals surface area contributed by atoms with E-state index in [-0.39, 0.29) is 5.82 Å². The van der Waals surface area contributed by atoms with Crippen LogP contribution in [-0.2, 0) is 6.54 Å². The van der Waals surface area contributed by atoms with E-state index in [1.165, 1.54) is 12.1 Å². The van der Waals surface area contributed by atoms with E-state index in [9.17, 15) is 4.39 Å². The first-order valence-corrected chi connectivity index (χ1v) is 5.15. The molecular formula is C12H15FN2. The summed E-state index contributed by atoms with van der Waals surface area (Å²) in [5.74, 6) is -0.201. The third-order valence-corrected chi connectivity index (χ3v) is 2.13. The van der Waals surface area contributed by atoms with Gasteiger partial charge in [0.1, 0.15) is 5.82 Å². The maximum absolute atomic E-state index is 12.6. The van der Waals surface area contributed by atoms with Crippen molar-refractivity contribution < 1.29 is 4.39 Å². The minimum absolute atomic E-state index is 0.201. The van der Waals surface area contributed by atoms with Gasteiger partial charge in [0.15, 0.2) is 0 Å². The molecule has 0 bridgehead atoms. The van der Waals surface area contributed by atoms with Gasteiger partial charge in [0.2, 0.25) is 0 Å². The molecule has 0 unspecified atom stereocenters. The van der Waals surface area contributed by atoms with Gasteiger partial charge >= 0.3 is 0 Å². The van der Waals surface area contributed by atoms with Gasteiger partial charge in [-0.25, -0.2) is 4.39 Å². The van der Waals surface area contributed by atoms with E-state index in [4.69, 9.17) is 5.26 Å². The van der Waals surface area contributed by atoms with Gasteiger partial charge in [0, 0.05) is 13.0 Å². The fourth-order valence-corrected chi connectivity index (χ4v) is 1.29. The first-order chi connectivity index (χ1) is 7.33. The molecule has 1 aromatic carbocycles. The second kappa shape index (κ2) is 6.97. The second-order valence-electron chi connectivity index (χ2n) is 3.42. The first kappa shape index (κ1) is 11.7. The molecule has 0 atom stereocenters. The van der Waals surface area contributed by atoms with E-state index < -0.39 is 0 Å². The molecule has 0 heterocycles. The number of benzene rings is 1. The molecule has 1 rings (SSSR count). The van der Waals surface area contributed by atoms with Crippen LogP contribution in [0.4, 0.5) is 4.39 Å². The van der Waals surface area contributed by atoms with Crippen LogP contribution in [0, 0.1) is 17.1 Å². The molecular weight excluding hydrogens is 191 g/mol. The first-order valence-electron chi connectivity index (χ1n) is 5.15. The lowest BCUT2D eigenvalue weighted by Crippen LogP contribution is -2.14. The van der Waals surface area contributed by atoms with Gasteiger partial charge in [-0.2, -0.15) is 5.26 Å². The van der Waals surface area contributed by atoms with Crippen LogP contribution >= 0.6 is 0 Å². The standard InChI is InChI=1S/C12H15FN2/c13-12-6-4-11(5-7-12)10-15-9-3-1-2-8-14/h4-7,15H,1-3,9-10H2. The molecule has 1 aromatic rings. The van der Waals surface area contributed by atoms with E-state index in [1.807, 2.05) is 0 Å². The summed E-state index contributed by atoms with van der Waals surface area (Å²) in [5.41, 5.74) is 1.08. The molecule has 0 fully saturated rings. The Kier molecular flexibility index (Phi) is 5.42. The average molecular weight is 206 g/mol. The molecule has 0 spiro atoms. The fourth-order valence-electron chi connectivity index (χ4n) is 1.29. The number of nitrogens with zero attached hydrogens (tertiary/aromatic N) is 1. The van der Waals surface area contributed by atoms with Crippen LogP contribution < -0.4 is 5.32 Å². The summed E-state index contributed by atoms with van der Waals surface area (Å²) >= 11 is 0. The zero-order valence-electron chi connectivity index (χ0n) is 8.67. The highest BCUT2D eigenvalue weighted by Crippen LogP contribution is 2.02. The van der Waals surface area contributed by atoms with Gasteiger partial charge in [0.25, 0.3) is 0 Å². The van der Waals surface area contributed by atoms with Crippen molar-refractivity contribution >= 4 is 0 Å². The summed E-state index contributed by atoms with van der Waals surface area (Å²) in [7, 11) is 0. The van der Waals surface area contributed by atoms with Crippen LogP contribution in [0.3, 0.4) is 0 Å². The monoisotopic (exact) mass is 206 g/mol. The molecule has 0 saturated carbocycles. The predicted molar refractivity (Wildman–Crippen MR) is 57.6 cm³/mol. The zero-order valence-corrected chi connectivity index (χ0v) is 8.67.